The Kier molecular flexibility index (Phi) is 5.54. The second-order valence-electron chi connectivity index (χ2n) is 5.85. The molecule has 2 aromatic rings. The minimum absolute atomic E-state index is 0.0103. The first-order valence-electron chi connectivity index (χ1n) is 7.58. The van der Waals surface area contributed by atoms with Gasteiger partial charge in [-0.1, -0.05) is 35.4 Å². The van der Waals surface area contributed by atoms with Crippen molar-refractivity contribution in [2.75, 3.05) is 5.75 Å². The molecule has 136 valence electrons. The Balaban J connectivity index is 2.47. The highest BCUT2D eigenvalue weighted by Crippen LogP contribution is 2.22. The number of sulfone groups is 2. The van der Waals surface area contributed by atoms with Crippen molar-refractivity contribution in [1.29, 1.82) is 5.26 Å². The van der Waals surface area contributed by atoms with Gasteiger partial charge in [-0.3, -0.25) is 0 Å². The molecule has 0 saturated heterocycles. The van der Waals surface area contributed by atoms with Gasteiger partial charge < -0.3 is 5.73 Å². The van der Waals surface area contributed by atoms with Gasteiger partial charge in [-0.2, -0.15) is 5.26 Å². The van der Waals surface area contributed by atoms with Gasteiger partial charge in [0.05, 0.1) is 21.2 Å². The van der Waals surface area contributed by atoms with Crippen LogP contribution in [0.25, 0.3) is 0 Å². The van der Waals surface area contributed by atoms with Gasteiger partial charge in [0.15, 0.2) is 14.7 Å². The number of nitriles is 1. The Hall–Kier alpha value is -2.63. The number of nitrogens with zero attached hydrogens (tertiary/aromatic N) is 1. The van der Waals surface area contributed by atoms with Crippen LogP contribution < -0.4 is 5.73 Å². The van der Waals surface area contributed by atoms with E-state index in [2.05, 4.69) is 0 Å². The summed E-state index contributed by atoms with van der Waals surface area (Å²) in [5, 5.41) is 9.29. The molecule has 26 heavy (non-hydrogen) atoms. The molecule has 2 rings (SSSR count). The molecule has 0 radical (unpaired) electrons. The summed E-state index contributed by atoms with van der Waals surface area (Å²) in [5.74, 6) is -0.760. The Morgan fingerprint density at radius 1 is 0.885 bits per heavy atom. The first-order chi connectivity index (χ1) is 12.1. The van der Waals surface area contributed by atoms with E-state index in [4.69, 9.17) is 5.73 Å². The topological polar surface area (TPSA) is 118 Å². The fraction of sp³-hybridized carbons (Fsp3) is 0.167. The summed E-state index contributed by atoms with van der Waals surface area (Å²) < 4.78 is 50.2. The average molecular weight is 390 g/mol. The first-order valence-corrected chi connectivity index (χ1v) is 10.7. The molecular weight excluding hydrogens is 372 g/mol. The molecule has 0 saturated carbocycles. The molecule has 0 spiro atoms. The molecular formula is C18H18N2O4S2. The predicted molar refractivity (Wildman–Crippen MR) is 98.4 cm³/mol. The highest BCUT2D eigenvalue weighted by Gasteiger charge is 2.26. The number of aryl methyl sites for hydroxylation is 2. The molecule has 0 unspecified atom stereocenters. The fourth-order valence-electron chi connectivity index (χ4n) is 2.24. The molecule has 8 heteroatoms. The van der Waals surface area contributed by atoms with E-state index in [1.165, 1.54) is 24.3 Å². The van der Waals surface area contributed by atoms with E-state index in [0.29, 0.717) is 0 Å². The zero-order chi connectivity index (χ0) is 19.5. The lowest BCUT2D eigenvalue weighted by molar-refractivity contribution is 0.598. The van der Waals surface area contributed by atoms with Crippen molar-refractivity contribution in [3.63, 3.8) is 0 Å². The zero-order valence-corrected chi connectivity index (χ0v) is 15.9. The molecule has 6 nitrogen and oxygen atoms in total. The SMILES string of the molecule is Cc1ccc(S(=O)(=O)C/C(N)=C(\C#N)S(=O)(=O)c2ccc(C)cc2)cc1. The van der Waals surface area contributed by atoms with Gasteiger partial charge in [0.1, 0.15) is 6.07 Å². The highest BCUT2D eigenvalue weighted by molar-refractivity contribution is 7.95. The molecule has 0 aromatic heterocycles. The van der Waals surface area contributed by atoms with Crippen LogP contribution in [0.15, 0.2) is 68.9 Å². The van der Waals surface area contributed by atoms with E-state index in [1.807, 2.05) is 6.92 Å². The third kappa shape index (κ3) is 4.12. The normalized spacial score (nSPS) is 13.0. The molecule has 2 N–H and O–H groups in total. The summed E-state index contributed by atoms with van der Waals surface area (Å²) in [6.45, 7) is 3.60. The number of nitrogens with two attached hydrogens (primary N) is 1. The molecule has 0 amide bonds. The molecule has 0 aliphatic rings. The van der Waals surface area contributed by atoms with Crippen LogP contribution in [0, 0.1) is 25.2 Å². The van der Waals surface area contributed by atoms with Gasteiger partial charge in [0.25, 0.3) is 0 Å². The highest BCUT2D eigenvalue weighted by atomic mass is 32.2. The maximum absolute atomic E-state index is 12.6. The van der Waals surface area contributed by atoms with Crippen LogP contribution in [-0.2, 0) is 19.7 Å². The Labute approximate surface area is 153 Å². The smallest absolute Gasteiger partial charge is 0.218 e. The number of allylic oxidation sites excluding steroid dienone is 1. The minimum atomic E-state index is -4.20. The van der Waals surface area contributed by atoms with E-state index in [1.54, 1.807) is 37.3 Å². The van der Waals surface area contributed by atoms with Crippen molar-refractivity contribution in [3.8, 4) is 6.07 Å². The third-order valence-corrected chi connectivity index (χ3v) is 7.18. The molecule has 0 heterocycles. The van der Waals surface area contributed by atoms with Gasteiger partial charge in [-0.25, -0.2) is 16.8 Å². The Morgan fingerprint density at radius 2 is 1.31 bits per heavy atom. The number of hydrogen-bond acceptors (Lipinski definition) is 6. The first kappa shape index (κ1) is 19.7. The number of hydrogen-bond donors (Lipinski definition) is 1. The van der Waals surface area contributed by atoms with E-state index in [0.717, 1.165) is 11.1 Å². The summed E-state index contributed by atoms with van der Waals surface area (Å²) in [6.07, 6.45) is 0. The molecule has 0 aliphatic heterocycles. The zero-order valence-electron chi connectivity index (χ0n) is 14.3. The molecule has 0 aliphatic carbocycles. The monoisotopic (exact) mass is 390 g/mol. The summed E-state index contributed by atoms with van der Waals surface area (Å²) in [6, 6.07) is 13.5. The summed E-state index contributed by atoms with van der Waals surface area (Å²) in [4.78, 5) is -0.858. The van der Waals surface area contributed by atoms with E-state index >= 15 is 0 Å². The van der Waals surface area contributed by atoms with Crippen molar-refractivity contribution < 1.29 is 16.8 Å². The summed E-state index contributed by atoms with van der Waals surface area (Å²) in [7, 11) is -8.08. The van der Waals surface area contributed by atoms with Crippen molar-refractivity contribution in [2.24, 2.45) is 5.73 Å². The van der Waals surface area contributed by atoms with Crippen molar-refractivity contribution >= 4 is 19.7 Å². The molecule has 0 atom stereocenters. The molecule has 2 aromatic carbocycles. The van der Waals surface area contributed by atoms with Crippen LogP contribution in [0.2, 0.25) is 0 Å². The van der Waals surface area contributed by atoms with Crippen LogP contribution in [0.4, 0.5) is 0 Å². The molecule has 0 bridgehead atoms. The number of rotatable bonds is 5. The van der Waals surface area contributed by atoms with Crippen LogP contribution in [0.1, 0.15) is 11.1 Å². The maximum Gasteiger partial charge on any atom is 0.218 e. The largest absolute Gasteiger partial charge is 0.400 e. The lowest BCUT2D eigenvalue weighted by atomic mass is 10.2. The van der Waals surface area contributed by atoms with Gasteiger partial charge >= 0.3 is 0 Å². The van der Waals surface area contributed by atoms with Gasteiger partial charge in [0.2, 0.25) is 9.84 Å². The van der Waals surface area contributed by atoms with Crippen molar-refractivity contribution in [3.05, 3.63) is 70.3 Å². The average Bonchev–Trinajstić information content (AvgIpc) is 2.55. The van der Waals surface area contributed by atoms with E-state index in [9.17, 15) is 22.1 Å². The fourth-order valence-corrected chi connectivity index (χ4v) is 4.87. The van der Waals surface area contributed by atoms with Gasteiger partial charge in [-0.15, -0.1) is 0 Å². The predicted octanol–water partition coefficient (Wildman–Crippen LogP) is 2.24. The summed E-state index contributed by atoms with van der Waals surface area (Å²) in [5.41, 5.74) is 6.96. The minimum Gasteiger partial charge on any atom is -0.400 e. The van der Waals surface area contributed by atoms with Crippen LogP contribution in [0.5, 0.6) is 0 Å². The Morgan fingerprint density at radius 3 is 1.73 bits per heavy atom. The van der Waals surface area contributed by atoms with E-state index < -0.39 is 36.0 Å². The van der Waals surface area contributed by atoms with E-state index in [-0.39, 0.29) is 9.79 Å². The second kappa shape index (κ2) is 7.32. The number of benzene rings is 2. The Bertz CT molecular complexity index is 1090. The van der Waals surface area contributed by atoms with Gasteiger partial charge in [-0.05, 0) is 38.1 Å². The van der Waals surface area contributed by atoms with Crippen molar-refractivity contribution in [1.82, 2.24) is 0 Å². The summed E-state index contributed by atoms with van der Waals surface area (Å²) >= 11 is 0. The quantitative estimate of drug-likeness (QED) is 0.782. The maximum atomic E-state index is 12.6. The van der Waals surface area contributed by atoms with Crippen LogP contribution in [0.3, 0.4) is 0 Å². The van der Waals surface area contributed by atoms with Gasteiger partial charge in [0, 0.05) is 0 Å². The standard InChI is InChI=1S/C18H18N2O4S2/c1-13-3-7-15(8-4-13)25(21,22)12-17(20)18(11-19)26(23,24)16-9-5-14(2)6-10-16/h3-10H,12,20H2,1-2H3/b18-17-. The van der Waals surface area contributed by atoms with Crippen molar-refractivity contribution in [2.45, 2.75) is 23.6 Å². The third-order valence-electron chi connectivity index (χ3n) is 3.72. The second-order valence-corrected chi connectivity index (χ2v) is 9.73. The van der Waals surface area contributed by atoms with Crippen LogP contribution in [-0.4, -0.2) is 22.6 Å². The van der Waals surface area contributed by atoms with Crippen LogP contribution >= 0.6 is 0 Å². The molecule has 0 fully saturated rings. The lowest BCUT2D eigenvalue weighted by Gasteiger charge is -2.09. The lowest BCUT2D eigenvalue weighted by Crippen LogP contribution is -2.19.